The highest BCUT2D eigenvalue weighted by atomic mass is 16.2. The number of nitrogens with one attached hydrogen (secondary N) is 1. The quantitative estimate of drug-likeness (QED) is 0.526. The molecule has 3 aromatic rings. The number of hydrogen-bond donors (Lipinski definition) is 1. The van der Waals surface area contributed by atoms with Crippen LogP contribution in [0.25, 0.3) is 5.69 Å². The number of hydrogen-bond acceptors (Lipinski definition) is 2. The minimum Gasteiger partial charge on any atom is -0.323 e. The molecule has 26 heavy (non-hydrogen) atoms. The molecule has 4 nitrogen and oxygen atoms in total. The summed E-state index contributed by atoms with van der Waals surface area (Å²) >= 11 is 0. The minimum atomic E-state index is -0.229. The zero-order valence-electron chi connectivity index (χ0n) is 15.3. The fraction of sp³-hybridized carbons (Fsp3) is 0.182. The molecule has 132 valence electrons. The number of carbonyl (C=O) groups is 1. The topological polar surface area (TPSA) is 46.4 Å². The Labute approximate surface area is 154 Å². The second kappa shape index (κ2) is 7.83. The van der Waals surface area contributed by atoms with Gasteiger partial charge in [0.25, 0.3) is 5.91 Å². The number of benzene rings is 2. The van der Waals surface area contributed by atoms with Crippen LogP contribution in [0.3, 0.4) is 0 Å². The van der Waals surface area contributed by atoms with Crippen LogP contribution in [-0.2, 0) is 0 Å². The predicted molar refractivity (Wildman–Crippen MR) is 106 cm³/mol. The van der Waals surface area contributed by atoms with Crippen LogP contribution < -0.4 is 5.43 Å². The molecule has 1 N–H and O–H groups in total. The summed E-state index contributed by atoms with van der Waals surface area (Å²) in [6, 6.07) is 19.6. The van der Waals surface area contributed by atoms with Crippen LogP contribution in [0.2, 0.25) is 0 Å². The Morgan fingerprint density at radius 1 is 0.962 bits per heavy atom. The molecule has 0 bridgehead atoms. The van der Waals surface area contributed by atoms with Crippen molar-refractivity contribution in [2.75, 3.05) is 0 Å². The summed E-state index contributed by atoms with van der Waals surface area (Å²) in [6.07, 6.45) is 3.83. The zero-order chi connectivity index (χ0) is 18.5. The van der Waals surface area contributed by atoms with Gasteiger partial charge in [0.05, 0.1) is 17.0 Å². The van der Waals surface area contributed by atoms with Gasteiger partial charge in [0, 0.05) is 12.4 Å². The molecule has 2 aromatic carbocycles. The van der Waals surface area contributed by atoms with E-state index in [1.807, 2.05) is 66.3 Å². The summed E-state index contributed by atoms with van der Waals surface area (Å²) in [4.78, 5) is 12.6. The molecule has 0 saturated carbocycles. The maximum atomic E-state index is 12.6. The van der Waals surface area contributed by atoms with Gasteiger partial charge in [0.1, 0.15) is 0 Å². The van der Waals surface area contributed by atoms with Gasteiger partial charge in [-0.2, -0.15) is 5.10 Å². The first kappa shape index (κ1) is 17.7. The van der Waals surface area contributed by atoms with E-state index >= 15 is 0 Å². The third-order valence-corrected chi connectivity index (χ3v) is 4.35. The number of aromatic nitrogens is 1. The molecule has 0 radical (unpaired) electrons. The summed E-state index contributed by atoms with van der Waals surface area (Å²) in [7, 11) is 0. The van der Waals surface area contributed by atoms with Crippen LogP contribution in [0.15, 0.2) is 78.2 Å². The molecule has 4 heteroatoms. The summed E-state index contributed by atoms with van der Waals surface area (Å²) in [5, 5.41) is 4.28. The van der Waals surface area contributed by atoms with E-state index in [0.717, 1.165) is 17.0 Å². The third-order valence-electron chi connectivity index (χ3n) is 4.35. The highest BCUT2D eigenvalue weighted by molar-refractivity contribution is 6.02. The Balaban J connectivity index is 1.77. The Morgan fingerprint density at radius 3 is 2.27 bits per heavy atom. The monoisotopic (exact) mass is 345 g/mol. The first-order chi connectivity index (χ1) is 12.6. The van der Waals surface area contributed by atoms with Crippen molar-refractivity contribution < 1.29 is 4.79 Å². The maximum Gasteiger partial charge on any atom is 0.273 e. The lowest BCUT2D eigenvalue weighted by atomic mass is 10.0. The SMILES string of the molecule is C/C(=N/NC(=O)c1ccccc1-n1cccc1)c1ccc(C(C)C)cc1. The van der Waals surface area contributed by atoms with E-state index in [0.29, 0.717) is 11.5 Å². The average Bonchev–Trinajstić information content (AvgIpc) is 3.20. The molecular weight excluding hydrogens is 322 g/mol. The van der Waals surface area contributed by atoms with Crippen molar-refractivity contribution in [2.24, 2.45) is 5.10 Å². The van der Waals surface area contributed by atoms with E-state index in [-0.39, 0.29) is 5.91 Å². The molecule has 0 fully saturated rings. The number of amides is 1. The summed E-state index contributed by atoms with van der Waals surface area (Å²) in [5.74, 6) is 0.263. The van der Waals surface area contributed by atoms with Gasteiger partial charge >= 0.3 is 0 Å². The van der Waals surface area contributed by atoms with Gasteiger partial charge in [0.15, 0.2) is 0 Å². The van der Waals surface area contributed by atoms with Crippen molar-refractivity contribution in [3.63, 3.8) is 0 Å². The number of carbonyl (C=O) groups excluding carboxylic acids is 1. The molecule has 1 aromatic heterocycles. The Bertz CT molecular complexity index is 907. The summed E-state index contributed by atoms with van der Waals surface area (Å²) in [5.41, 5.74) is 7.12. The van der Waals surface area contributed by atoms with E-state index in [9.17, 15) is 4.79 Å². The normalized spacial score (nSPS) is 11.6. The first-order valence-corrected chi connectivity index (χ1v) is 8.73. The number of para-hydroxylation sites is 1. The van der Waals surface area contributed by atoms with Crippen molar-refractivity contribution in [1.82, 2.24) is 9.99 Å². The molecule has 0 spiro atoms. The van der Waals surface area contributed by atoms with E-state index < -0.39 is 0 Å². The predicted octanol–water partition coefficient (Wildman–Crippen LogP) is 4.75. The Kier molecular flexibility index (Phi) is 5.32. The van der Waals surface area contributed by atoms with Crippen LogP contribution >= 0.6 is 0 Å². The molecule has 0 unspecified atom stereocenters. The fourth-order valence-electron chi connectivity index (χ4n) is 2.75. The van der Waals surface area contributed by atoms with Crippen LogP contribution in [0.5, 0.6) is 0 Å². The summed E-state index contributed by atoms with van der Waals surface area (Å²) < 4.78 is 1.91. The van der Waals surface area contributed by atoms with Crippen molar-refractivity contribution in [3.8, 4) is 5.69 Å². The van der Waals surface area contributed by atoms with Gasteiger partial charge in [0.2, 0.25) is 0 Å². The van der Waals surface area contributed by atoms with E-state index in [1.54, 1.807) is 6.07 Å². The van der Waals surface area contributed by atoms with Gasteiger partial charge in [-0.1, -0.05) is 50.2 Å². The molecule has 0 aliphatic carbocycles. The van der Waals surface area contributed by atoms with Gasteiger partial charge in [-0.3, -0.25) is 4.79 Å². The second-order valence-electron chi connectivity index (χ2n) is 6.52. The minimum absolute atomic E-state index is 0.229. The molecular formula is C22H23N3O. The smallest absolute Gasteiger partial charge is 0.273 e. The van der Waals surface area contributed by atoms with Crippen LogP contribution in [-0.4, -0.2) is 16.2 Å². The van der Waals surface area contributed by atoms with Gasteiger partial charge in [-0.05, 0) is 48.2 Å². The van der Waals surface area contributed by atoms with Crippen LogP contribution in [0, 0.1) is 0 Å². The van der Waals surface area contributed by atoms with Crippen molar-refractivity contribution in [2.45, 2.75) is 26.7 Å². The molecule has 1 heterocycles. The lowest BCUT2D eigenvalue weighted by Crippen LogP contribution is -2.21. The highest BCUT2D eigenvalue weighted by Crippen LogP contribution is 2.16. The molecule has 0 aliphatic heterocycles. The van der Waals surface area contributed by atoms with Crippen LogP contribution in [0.1, 0.15) is 48.2 Å². The Morgan fingerprint density at radius 2 is 1.62 bits per heavy atom. The highest BCUT2D eigenvalue weighted by Gasteiger charge is 2.11. The molecule has 3 rings (SSSR count). The van der Waals surface area contributed by atoms with Crippen molar-refractivity contribution in [3.05, 3.63) is 89.7 Å². The number of hydrazone groups is 1. The second-order valence-corrected chi connectivity index (χ2v) is 6.52. The van der Waals surface area contributed by atoms with Gasteiger partial charge < -0.3 is 4.57 Å². The van der Waals surface area contributed by atoms with Gasteiger partial charge in [-0.25, -0.2) is 5.43 Å². The van der Waals surface area contributed by atoms with Crippen LogP contribution in [0.4, 0.5) is 0 Å². The average molecular weight is 345 g/mol. The fourth-order valence-corrected chi connectivity index (χ4v) is 2.75. The lowest BCUT2D eigenvalue weighted by Gasteiger charge is -2.10. The van der Waals surface area contributed by atoms with E-state index in [4.69, 9.17) is 0 Å². The third kappa shape index (κ3) is 3.91. The Hall–Kier alpha value is -3.14. The lowest BCUT2D eigenvalue weighted by molar-refractivity contribution is 0.0955. The zero-order valence-corrected chi connectivity index (χ0v) is 15.3. The molecule has 0 aliphatic rings. The van der Waals surface area contributed by atoms with Crippen molar-refractivity contribution >= 4 is 11.6 Å². The summed E-state index contributed by atoms with van der Waals surface area (Å²) in [6.45, 7) is 6.22. The van der Waals surface area contributed by atoms with E-state index in [1.165, 1.54) is 5.56 Å². The van der Waals surface area contributed by atoms with E-state index in [2.05, 4.69) is 36.5 Å². The van der Waals surface area contributed by atoms with Gasteiger partial charge in [-0.15, -0.1) is 0 Å². The molecule has 1 amide bonds. The molecule has 0 saturated heterocycles. The standard InChI is InChI=1S/C22H23N3O/c1-16(2)18-10-12-19(13-11-18)17(3)23-24-22(26)20-8-4-5-9-21(20)25-14-6-7-15-25/h4-16H,1-3H3,(H,24,26)/b23-17-. The van der Waals surface area contributed by atoms with Crippen molar-refractivity contribution in [1.29, 1.82) is 0 Å². The molecule has 0 atom stereocenters. The number of rotatable bonds is 5. The first-order valence-electron chi connectivity index (χ1n) is 8.73. The maximum absolute atomic E-state index is 12.6. The number of nitrogens with zero attached hydrogens (tertiary/aromatic N) is 2. The largest absolute Gasteiger partial charge is 0.323 e.